The van der Waals surface area contributed by atoms with Crippen LogP contribution in [0.4, 0.5) is 0 Å². The predicted octanol–water partition coefficient (Wildman–Crippen LogP) is 2.73. The molecule has 1 aromatic rings. The second-order valence-electron chi connectivity index (χ2n) is 6.30. The highest BCUT2D eigenvalue weighted by Crippen LogP contribution is 2.35. The summed E-state index contributed by atoms with van der Waals surface area (Å²) in [6.45, 7) is 7.90. The average Bonchev–Trinajstić information content (AvgIpc) is 2.84. The number of piperidine rings is 1. The maximum absolute atomic E-state index is 6.07. The molecule has 3 rings (SSSR count). The molecule has 1 unspecified atom stereocenters. The molecule has 1 atom stereocenters. The van der Waals surface area contributed by atoms with E-state index in [-0.39, 0.29) is 11.7 Å². The minimum Gasteiger partial charge on any atom is -0.372 e. The van der Waals surface area contributed by atoms with Crippen molar-refractivity contribution in [3.8, 4) is 0 Å². The third kappa shape index (κ3) is 3.05. The van der Waals surface area contributed by atoms with Crippen molar-refractivity contribution in [1.82, 2.24) is 5.32 Å². The Morgan fingerprint density at radius 1 is 1.25 bits per heavy atom. The molecule has 3 nitrogen and oxygen atoms in total. The number of nitrogens with one attached hydrogen (secondary N) is 1. The van der Waals surface area contributed by atoms with Crippen molar-refractivity contribution in [2.24, 2.45) is 0 Å². The Balaban J connectivity index is 1.53. The lowest BCUT2D eigenvalue weighted by molar-refractivity contribution is -0.0240. The van der Waals surface area contributed by atoms with Gasteiger partial charge in [-0.2, -0.15) is 0 Å². The summed E-state index contributed by atoms with van der Waals surface area (Å²) < 4.78 is 12.1. The van der Waals surface area contributed by atoms with Crippen molar-refractivity contribution in [2.45, 2.75) is 51.4 Å². The summed E-state index contributed by atoms with van der Waals surface area (Å²) in [5.74, 6) is 0. The summed E-state index contributed by atoms with van der Waals surface area (Å²) >= 11 is 0. The van der Waals surface area contributed by atoms with E-state index in [1.165, 1.54) is 16.7 Å². The zero-order chi connectivity index (χ0) is 14.0. The number of hydrogen-bond donors (Lipinski definition) is 1. The van der Waals surface area contributed by atoms with Gasteiger partial charge in [0.05, 0.1) is 24.9 Å². The van der Waals surface area contributed by atoms with E-state index in [0.29, 0.717) is 6.61 Å². The van der Waals surface area contributed by atoms with Gasteiger partial charge in [0.1, 0.15) is 0 Å². The molecular formula is C17H25NO2. The van der Waals surface area contributed by atoms with Crippen LogP contribution >= 0.6 is 0 Å². The second-order valence-corrected chi connectivity index (χ2v) is 6.30. The minimum atomic E-state index is 0.0963. The van der Waals surface area contributed by atoms with Crippen molar-refractivity contribution in [3.63, 3.8) is 0 Å². The van der Waals surface area contributed by atoms with Gasteiger partial charge in [-0.05, 0) is 56.5 Å². The van der Waals surface area contributed by atoms with Crippen LogP contribution in [0, 0.1) is 13.8 Å². The van der Waals surface area contributed by atoms with Crippen LogP contribution in [0.5, 0.6) is 0 Å². The van der Waals surface area contributed by atoms with Crippen LogP contribution in [0.25, 0.3) is 0 Å². The summed E-state index contributed by atoms with van der Waals surface area (Å²) in [7, 11) is 0. The Labute approximate surface area is 121 Å². The highest BCUT2D eigenvalue weighted by Gasteiger charge is 2.41. The first-order valence-electron chi connectivity index (χ1n) is 7.69. The van der Waals surface area contributed by atoms with Crippen LogP contribution < -0.4 is 5.32 Å². The summed E-state index contributed by atoms with van der Waals surface area (Å²) in [6.07, 6.45) is 3.56. The molecule has 0 radical (unpaired) electrons. The second kappa shape index (κ2) is 5.84. The van der Waals surface area contributed by atoms with E-state index in [0.717, 1.165) is 39.0 Å². The molecule has 1 aromatic carbocycles. The van der Waals surface area contributed by atoms with Crippen molar-refractivity contribution in [1.29, 1.82) is 0 Å². The van der Waals surface area contributed by atoms with Gasteiger partial charge in [-0.1, -0.05) is 18.2 Å². The van der Waals surface area contributed by atoms with Crippen LogP contribution in [0.3, 0.4) is 0 Å². The fourth-order valence-corrected chi connectivity index (χ4v) is 3.25. The quantitative estimate of drug-likeness (QED) is 0.920. The van der Waals surface area contributed by atoms with Gasteiger partial charge in [0.15, 0.2) is 0 Å². The molecule has 0 bridgehead atoms. The molecule has 2 heterocycles. The van der Waals surface area contributed by atoms with Crippen LogP contribution in [0.1, 0.15) is 36.0 Å². The Morgan fingerprint density at radius 3 is 2.80 bits per heavy atom. The van der Waals surface area contributed by atoms with Crippen LogP contribution in [0.2, 0.25) is 0 Å². The van der Waals surface area contributed by atoms with Gasteiger partial charge in [-0.15, -0.1) is 0 Å². The van der Waals surface area contributed by atoms with E-state index in [1.807, 2.05) is 0 Å². The summed E-state index contributed by atoms with van der Waals surface area (Å²) in [6, 6.07) is 6.57. The number of hydrogen-bond acceptors (Lipinski definition) is 3. The zero-order valence-corrected chi connectivity index (χ0v) is 12.6. The summed E-state index contributed by atoms with van der Waals surface area (Å²) in [5, 5.41) is 3.40. The maximum Gasteiger partial charge on any atom is 0.0840 e. The number of rotatable bonds is 3. The molecule has 2 saturated heterocycles. The largest absolute Gasteiger partial charge is 0.372 e. The van der Waals surface area contributed by atoms with Gasteiger partial charge in [0, 0.05) is 6.42 Å². The molecular weight excluding hydrogens is 250 g/mol. The van der Waals surface area contributed by atoms with E-state index >= 15 is 0 Å². The van der Waals surface area contributed by atoms with Crippen LogP contribution in [0.15, 0.2) is 18.2 Å². The van der Waals surface area contributed by atoms with Crippen LogP contribution in [-0.4, -0.2) is 31.4 Å². The van der Waals surface area contributed by atoms with E-state index in [9.17, 15) is 0 Å². The molecule has 3 heteroatoms. The number of ether oxygens (including phenoxy) is 2. The van der Waals surface area contributed by atoms with Gasteiger partial charge in [0.2, 0.25) is 0 Å². The van der Waals surface area contributed by atoms with E-state index in [1.54, 1.807) is 0 Å². The van der Waals surface area contributed by atoms with E-state index in [4.69, 9.17) is 9.47 Å². The monoisotopic (exact) mass is 275 g/mol. The first kappa shape index (κ1) is 14.1. The molecule has 2 aliphatic heterocycles. The van der Waals surface area contributed by atoms with Gasteiger partial charge >= 0.3 is 0 Å². The Kier molecular flexibility index (Phi) is 4.11. The average molecular weight is 275 g/mol. The Bertz CT molecular complexity index is 466. The predicted molar refractivity (Wildman–Crippen MR) is 79.9 cm³/mol. The molecule has 1 N–H and O–H groups in total. The van der Waals surface area contributed by atoms with E-state index < -0.39 is 0 Å². The zero-order valence-electron chi connectivity index (χ0n) is 12.6. The fourth-order valence-electron chi connectivity index (χ4n) is 3.25. The smallest absolute Gasteiger partial charge is 0.0840 e. The number of benzene rings is 1. The van der Waals surface area contributed by atoms with Gasteiger partial charge in [-0.25, -0.2) is 0 Å². The van der Waals surface area contributed by atoms with Gasteiger partial charge in [0.25, 0.3) is 0 Å². The van der Waals surface area contributed by atoms with Gasteiger partial charge < -0.3 is 14.8 Å². The van der Waals surface area contributed by atoms with Crippen molar-refractivity contribution < 1.29 is 9.47 Å². The molecule has 2 fully saturated rings. The first-order valence-corrected chi connectivity index (χ1v) is 7.69. The molecule has 2 aliphatic rings. The normalized spacial score (nSPS) is 25.2. The molecule has 0 saturated carbocycles. The minimum absolute atomic E-state index is 0.0963. The molecule has 20 heavy (non-hydrogen) atoms. The number of aryl methyl sites for hydroxylation is 2. The molecule has 110 valence electrons. The van der Waals surface area contributed by atoms with Crippen molar-refractivity contribution in [2.75, 3.05) is 19.7 Å². The topological polar surface area (TPSA) is 30.5 Å². The van der Waals surface area contributed by atoms with Crippen LogP contribution in [-0.2, 0) is 16.1 Å². The molecule has 0 aromatic heterocycles. The third-order valence-corrected chi connectivity index (χ3v) is 4.75. The third-order valence-electron chi connectivity index (χ3n) is 4.75. The highest BCUT2D eigenvalue weighted by atomic mass is 16.6. The Hall–Kier alpha value is -0.900. The lowest BCUT2D eigenvalue weighted by atomic mass is 9.89. The molecule has 0 aliphatic carbocycles. The molecule has 0 amide bonds. The van der Waals surface area contributed by atoms with E-state index in [2.05, 4.69) is 37.4 Å². The summed E-state index contributed by atoms with van der Waals surface area (Å²) in [4.78, 5) is 0. The van der Waals surface area contributed by atoms with Crippen molar-refractivity contribution in [3.05, 3.63) is 34.9 Å². The SMILES string of the molecule is Cc1ccc(COC2COC3(CCNCC3)C2)cc1C. The standard InChI is InChI=1S/C17H25NO2/c1-13-3-4-15(9-14(13)2)11-19-16-10-17(20-12-16)5-7-18-8-6-17/h3-4,9,16,18H,5-8,10-12H2,1-2H3. The van der Waals surface area contributed by atoms with Gasteiger partial charge in [-0.3, -0.25) is 0 Å². The molecule has 1 spiro atoms. The highest BCUT2D eigenvalue weighted by molar-refractivity contribution is 5.29. The first-order chi connectivity index (χ1) is 9.67. The lowest BCUT2D eigenvalue weighted by Gasteiger charge is -2.32. The fraction of sp³-hybridized carbons (Fsp3) is 0.647. The Morgan fingerprint density at radius 2 is 2.05 bits per heavy atom. The lowest BCUT2D eigenvalue weighted by Crippen LogP contribution is -2.41. The van der Waals surface area contributed by atoms with Crippen molar-refractivity contribution >= 4 is 0 Å². The maximum atomic E-state index is 6.07. The summed E-state index contributed by atoms with van der Waals surface area (Å²) in [5.41, 5.74) is 4.04.